The topological polar surface area (TPSA) is 106 Å². The van der Waals surface area contributed by atoms with Gasteiger partial charge in [-0.2, -0.15) is 9.67 Å². The fraction of sp³-hybridized carbons (Fsp3) is 0.0833. The van der Waals surface area contributed by atoms with Crippen LogP contribution < -0.4 is 19.8 Å². The molecule has 4 rings (SSSR count). The first-order valence-corrected chi connectivity index (χ1v) is 13.4. The maximum atomic E-state index is 12.4. The van der Waals surface area contributed by atoms with Crippen molar-refractivity contribution in [3.05, 3.63) is 79.4 Å². The highest BCUT2D eigenvalue weighted by Crippen LogP contribution is 2.24. The van der Waals surface area contributed by atoms with Gasteiger partial charge in [0.2, 0.25) is 0 Å². The zero-order valence-corrected chi connectivity index (χ0v) is 23.5. The van der Waals surface area contributed by atoms with Gasteiger partial charge in [-0.1, -0.05) is 23.9 Å². The number of thioether (sulfide) groups is 1. The molecule has 0 saturated carbocycles. The second-order valence-electron chi connectivity index (χ2n) is 7.14. The fourth-order valence-electron chi connectivity index (χ4n) is 3.16. The number of hydrazone groups is 1. The van der Waals surface area contributed by atoms with Crippen molar-refractivity contribution >= 4 is 69.1 Å². The number of halogens is 2. The number of nitrogens with zero attached hydrogens (tertiary/aromatic N) is 3. The van der Waals surface area contributed by atoms with E-state index >= 15 is 0 Å². The molecule has 0 aliphatic rings. The van der Waals surface area contributed by atoms with Crippen molar-refractivity contribution in [3.63, 3.8) is 0 Å². The summed E-state index contributed by atoms with van der Waals surface area (Å²) in [6, 6.07) is 20.9. The number of nitrogens with one attached hydrogen (secondary N) is 2. The van der Waals surface area contributed by atoms with E-state index in [1.165, 1.54) is 18.0 Å². The van der Waals surface area contributed by atoms with Crippen molar-refractivity contribution in [2.45, 2.75) is 5.16 Å². The number of methoxy groups -OCH3 is 1. The van der Waals surface area contributed by atoms with Gasteiger partial charge in [0.05, 0.1) is 29.7 Å². The zero-order valence-electron chi connectivity index (χ0n) is 18.4. The lowest BCUT2D eigenvalue weighted by Crippen LogP contribution is -2.34. The minimum atomic E-state index is -0.312. The van der Waals surface area contributed by atoms with Crippen LogP contribution in [0, 0.1) is 7.14 Å². The second kappa shape index (κ2) is 11.9. The summed E-state index contributed by atoms with van der Waals surface area (Å²) in [6.45, 7) is 0. The quantitative estimate of drug-likeness (QED) is 0.0950. The summed E-state index contributed by atoms with van der Waals surface area (Å²) in [5.41, 5.74) is 4.73. The molecule has 1 amide bonds. The molecule has 0 spiro atoms. The molecule has 1 heterocycles. The number of carbonyl (C=O) groups is 1. The first-order valence-electron chi connectivity index (χ1n) is 10.3. The molecule has 8 nitrogen and oxygen atoms in total. The Hall–Kier alpha value is -2.65. The molecule has 0 aliphatic carbocycles. The Balaban J connectivity index is 1.50. The molecule has 178 valence electrons. The number of ether oxygens (including phenoxy) is 1. The van der Waals surface area contributed by atoms with Gasteiger partial charge in [-0.3, -0.25) is 4.79 Å². The fourth-order valence-corrected chi connectivity index (χ4v) is 5.82. The molecule has 0 saturated heterocycles. The van der Waals surface area contributed by atoms with Gasteiger partial charge in [0, 0.05) is 7.14 Å². The Labute approximate surface area is 233 Å². The van der Waals surface area contributed by atoms with Gasteiger partial charge in [0.1, 0.15) is 11.4 Å². The standard InChI is InChI=1S/C24H19I2N5O3S/c1-34-19-9-7-15(8-10-19)23-29-30-24(31(23)18-5-3-2-4-6-18)35-14-21(32)28-27-13-16-11-17(25)12-20(26)22(16)33/h2-13H,14H2,1H3,(H2,27,28,32,33). The number of hydrogen-bond acceptors (Lipinski definition) is 6. The van der Waals surface area contributed by atoms with Gasteiger partial charge in [-0.25, -0.2) is 5.43 Å². The van der Waals surface area contributed by atoms with Crippen LogP contribution in [0.3, 0.4) is 0 Å². The van der Waals surface area contributed by atoms with Crippen LogP contribution >= 0.6 is 56.9 Å². The van der Waals surface area contributed by atoms with Crippen LogP contribution in [0.2, 0.25) is 0 Å². The summed E-state index contributed by atoms with van der Waals surface area (Å²) < 4.78 is 8.75. The van der Waals surface area contributed by atoms with Crippen LogP contribution in [0.4, 0.5) is 0 Å². The molecule has 2 N–H and O–H groups in total. The highest BCUT2D eigenvalue weighted by molar-refractivity contribution is 14.1. The average molecular weight is 711 g/mol. The third kappa shape index (κ3) is 6.32. The summed E-state index contributed by atoms with van der Waals surface area (Å²) in [6.07, 6.45) is 1.37. The van der Waals surface area contributed by atoms with Crippen LogP contribution in [-0.2, 0) is 4.79 Å². The first kappa shape index (κ1) is 25.4. The van der Waals surface area contributed by atoms with Crippen molar-refractivity contribution in [2.24, 2.45) is 5.10 Å². The molecular formula is C24H19I2N5O3S. The maximum absolute atomic E-state index is 12.4. The summed E-state index contributed by atoms with van der Waals surface area (Å²) in [7, 11) is 1.63. The third-order valence-electron chi connectivity index (χ3n) is 4.81. The lowest BCUT2D eigenvalue weighted by atomic mass is 10.2. The molecule has 1 aromatic heterocycles. The number of aromatic nitrogens is 3. The molecule has 0 atom stereocenters. The Kier molecular flexibility index (Phi) is 8.62. The van der Waals surface area contributed by atoms with Crippen molar-refractivity contribution < 1.29 is 19.2 Å². The molecule has 0 aliphatic heterocycles. The number of amides is 1. The van der Waals surface area contributed by atoms with Crippen LogP contribution in [0.5, 0.6) is 11.5 Å². The lowest BCUT2D eigenvalue weighted by Gasteiger charge is -2.13. The number of benzene rings is 3. The molecule has 35 heavy (non-hydrogen) atoms. The van der Waals surface area contributed by atoms with Crippen LogP contribution in [0.15, 0.2) is 77.0 Å². The Morgan fingerprint density at radius 3 is 2.66 bits per heavy atom. The predicted octanol–water partition coefficient (Wildman–Crippen LogP) is 3.89. The summed E-state index contributed by atoms with van der Waals surface area (Å²) in [5.74, 6) is 1.19. The summed E-state index contributed by atoms with van der Waals surface area (Å²) in [5, 5.41) is 24.3. The zero-order chi connectivity index (χ0) is 24.8. The van der Waals surface area contributed by atoms with E-state index in [1.807, 2.05) is 81.8 Å². The molecule has 0 radical (unpaired) electrons. The van der Waals surface area contributed by atoms with Crippen molar-refractivity contribution in [3.8, 4) is 28.6 Å². The molecule has 4 aromatic rings. The third-order valence-corrected chi connectivity index (χ3v) is 7.18. The van der Waals surface area contributed by atoms with Crippen LogP contribution in [-0.4, -0.2) is 35.2 Å². The van der Waals surface area contributed by atoms with Crippen molar-refractivity contribution in [1.82, 2.24) is 15.6 Å². The number of aromatic amines is 1. The van der Waals surface area contributed by atoms with Gasteiger partial charge in [-0.15, -0.1) is 5.10 Å². The van der Waals surface area contributed by atoms with E-state index in [1.54, 1.807) is 19.2 Å². The molecular weight excluding hydrogens is 692 g/mol. The molecule has 0 fully saturated rings. The van der Waals surface area contributed by atoms with E-state index in [0.29, 0.717) is 14.3 Å². The Bertz CT molecular complexity index is 1360. The first-order chi connectivity index (χ1) is 17.0. The van der Waals surface area contributed by atoms with E-state index in [4.69, 9.17) is 4.74 Å². The largest absolute Gasteiger partial charge is 0.871 e. The second-order valence-corrected chi connectivity index (χ2v) is 10.5. The van der Waals surface area contributed by atoms with E-state index in [2.05, 4.69) is 43.3 Å². The Morgan fingerprint density at radius 2 is 1.94 bits per heavy atom. The minimum Gasteiger partial charge on any atom is -0.871 e. The Morgan fingerprint density at radius 1 is 1.20 bits per heavy atom. The monoisotopic (exact) mass is 711 g/mol. The number of H-pyrrole nitrogens is 1. The summed E-state index contributed by atoms with van der Waals surface area (Å²) >= 11 is 5.40. The number of hydrogen-bond donors (Lipinski definition) is 2. The van der Waals surface area contributed by atoms with E-state index in [-0.39, 0.29) is 17.4 Å². The normalized spacial score (nSPS) is 11.1. The van der Waals surface area contributed by atoms with Gasteiger partial charge in [0.15, 0.2) is 0 Å². The van der Waals surface area contributed by atoms with Gasteiger partial charge < -0.3 is 9.84 Å². The average Bonchev–Trinajstić information content (AvgIpc) is 3.30. The van der Waals surface area contributed by atoms with Crippen LogP contribution in [0.25, 0.3) is 17.1 Å². The minimum absolute atomic E-state index is 0.0885. The van der Waals surface area contributed by atoms with Crippen molar-refractivity contribution in [2.75, 3.05) is 12.9 Å². The van der Waals surface area contributed by atoms with E-state index < -0.39 is 0 Å². The molecule has 11 heteroatoms. The van der Waals surface area contributed by atoms with Crippen molar-refractivity contribution in [1.29, 1.82) is 0 Å². The molecule has 3 aromatic carbocycles. The van der Waals surface area contributed by atoms with Crippen LogP contribution in [0.1, 0.15) is 5.56 Å². The van der Waals surface area contributed by atoms with Gasteiger partial charge >= 0.3 is 5.16 Å². The van der Waals surface area contributed by atoms with Gasteiger partial charge in [-0.05, 0) is 111 Å². The molecule has 0 unspecified atom stereocenters. The predicted molar refractivity (Wildman–Crippen MR) is 150 cm³/mol. The highest BCUT2D eigenvalue weighted by Gasteiger charge is 2.24. The lowest BCUT2D eigenvalue weighted by molar-refractivity contribution is -0.625. The van der Waals surface area contributed by atoms with E-state index in [0.717, 1.165) is 26.4 Å². The number of para-hydroxylation sites is 1. The van der Waals surface area contributed by atoms with E-state index in [9.17, 15) is 9.90 Å². The SMILES string of the molecule is COc1ccc(-c2[nH]nc(SCC(=O)N/N=C/c3cc(I)cc(I)c3[O-])[n+]2-c2ccccc2)cc1. The summed E-state index contributed by atoms with van der Waals surface area (Å²) in [4.78, 5) is 12.4. The number of rotatable bonds is 8. The highest BCUT2D eigenvalue weighted by atomic mass is 127. The maximum Gasteiger partial charge on any atom is 0.342 e. The smallest absolute Gasteiger partial charge is 0.342 e. The number of carbonyl (C=O) groups excluding carboxylic acids is 1. The van der Waals surface area contributed by atoms with Gasteiger partial charge in [0.25, 0.3) is 11.7 Å². The molecule has 0 bridgehead atoms.